The predicted octanol–water partition coefficient (Wildman–Crippen LogP) is 0.900. The Labute approximate surface area is 165 Å². The van der Waals surface area contributed by atoms with Crippen molar-refractivity contribution in [2.24, 2.45) is 0 Å². The van der Waals surface area contributed by atoms with E-state index >= 15 is 0 Å². The standard InChI is InChI=1S/C18H21NO8S/c1-5-26-16(22)18(17(23)27-6-2)12(15(21)25-4)11(14(20)24-3)13(19-18)10-8-7-9-28-10/h7-9,13,19H,5-6H2,1-4H3. The van der Waals surface area contributed by atoms with Gasteiger partial charge in [0.05, 0.1) is 44.6 Å². The summed E-state index contributed by atoms with van der Waals surface area (Å²) in [7, 11) is 2.20. The Bertz CT molecular complexity index is 781. The van der Waals surface area contributed by atoms with Gasteiger partial charge in [0, 0.05) is 4.88 Å². The maximum absolute atomic E-state index is 12.9. The smallest absolute Gasteiger partial charge is 0.343 e. The van der Waals surface area contributed by atoms with E-state index in [9.17, 15) is 19.2 Å². The highest BCUT2D eigenvalue weighted by atomic mass is 32.1. The fraction of sp³-hybridized carbons (Fsp3) is 0.444. The van der Waals surface area contributed by atoms with Gasteiger partial charge in [-0.05, 0) is 25.3 Å². The van der Waals surface area contributed by atoms with Gasteiger partial charge in [0.2, 0.25) is 5.54 Å². The van der Waals surface area contributed by atoms with Crippen LogP contribution in [-0.2, 0) is 38.1 Å². The molecule has 0 spiro atoms. The Morgan fingerprint density at radius 2 is 1.61 bits per heavy atom. The zero-order valence-electron chi connectivity index (χ0n) is 15.9. The molecule has 0 saturated heterocycles. The topological polar surface area (TPSA) is 117 Å². The van der Waals surface area contributed by atoms with Gasteiger partial charge in [-0.1, -0.05) is 6.07 Å². The van der Waals surface area contributed by atoms with Crippen molar-refractivity contribution in [1.82, 2.24) is 5.32 Å². The Hall–Kier alpha value is -2.72. The second kappa shape index (κ2) is 8.98. The Morgan fingerprint density at radius 1 is 1.04 bits per heavy atom. The monoisotopic (exact) mass is 411 g/mol. The van der Waals surface area contributed by atoms with Crippen LogP contribution in [0.1, 0.15) is 24.8 Å². The maximum Gasteiger partial charge on any atom is 0.343 e. The summed E-state index contributed by atoms with van der Waals surface area (Å²) in [5, 5.41) is 4.54. The number of nitrogens with one attached hydrogen (secondary N) is 1. The first-order valence-corrected chi connectivity index (χ1v) is 9.33. The molecule has 0 bridgehead atoms. The highest BCUT2D eigenvalue weighted by Crippen LogP contribution is 2.42. The Morgan fingerprint density at radius 3 is 2.04 bits per heavy atom. The lowest BCUT2D eigenvalue weighted by Crippen LogP contribution is -2.60. The number of rotatable bonds is 7. The van der Waals surface area contributed by atoms with Crippen molar-refractivity contribution in [2.75, 3.05) is 27.4 Å². The number of hydrogen-bond donors (Lipinski definition) is 1. The number of carbonyl (C=O) groups is 4. The average molecular weight is 411 g/mol. The normalized spacial score (nSPS) is 17.8. The lowest BCUT2D eigenvalue weighted by Gasteiger charge is -2.27. The third-order valence-corrected chi connectivity index (χ3v) is 5.02. The van der Waals surface area contributed by atoms with E-state index in [2.05, 4.69) is 5.32 Å². The van der Waals surface area contributed by atoms with Crippen LogP contribution in [0.25, 0.3) is 0 Å². The summed E-state index contributed by atoms with van der Waals surface area (Å²) in [4.78, 5) is 51.6. The van der Waals surface area contributed by atoms with E-state index in [0.717, 1.165) is 14.2 Å². The second-order valence-corrected chi connectivity index (χ2v) is 6.53. The fourth-order valence-electron chi connectivity index (χ4n) is 2.96. The summed E-state index contributed by atoms with van der Waals surface area (Å²) >= 11 is 1.26. The molecule has 1 aliphatic heterocycles. The zero-order valence-corrected chi connectivity index (χ0v) is 16.7. The van der Waals surface area contributed by atoms with E-state index < -0.39 is 41.0 Å². The molecule has 1 atom stereocenters. The number of esters is 4. The van der Waals surface area contributed by atoms with E-state index in [1.807, 2.05) is 0 Å². The molecule has 10 heteroatoms. The third-order valence-electron chi connectivity index (χ3n) is 4.08. The molecular weight excluding hydrogens is 390 g/mol. The van der Waals surface area contributed by atoms with E-state index in [-0.39, 0.29) is 18.8 Å². The number of methoxy groups -OCH3 is 2. The molecule has 1 N–H and O–H groups in total. The number of hydrogen-bond acceptors (Lipinski definition) is 10. The molecule has 1 unspecified atom stereocenters. The first-order chi connectivity index (χ1) is 13.4. The molecule has 0 amide bonds. The number of carbonyl (C=O) groups excluding carboxylic acids is 4. The van der Waals surface area contributed by atoms with Crippen molar-refractivity contribution in [3.8, 4) is 0 Å². The molecule has 0 aliphatic carbocycles. The van der Waals surface area contributed by atoms with Crippen molar-refractivity contribution >= 4 is 35.2 Å². The summed E-state index contributed by atoms with van der Waals surface area (Å²) in [6.07, 6.45) is 0. The van der Waals surface area contributed by atoms with Crippen molar-refractivity contribution < 1.29 is 38.1 Å². The molecule has 2 rings (SSSR count). The van der Waals surface area contributed by atoms with Gasteiger partial charge >= 0.3 is 23.9 Å². The highest BCUT2D eigenvalue weighted by Gasteiger charge is 2.63. The summed E-state index contributed by atoms with van der Waals surface area (Å²) in [5.41, 5.74) is -3.08. The Kier molecular flexibility index (Phi) is 6.92. The van der Waals surface area contributed by atoms with Gasteiger partial charge in [0.15, 0.2) is 0 Å². The molecule has 2 heterocycles. The lowest BCUT2D eigenvalue weighted by atomic mass is 9.89. The summed E-state index contributed by atoms with van der Waals surface area (Å²) in [6.45, 7) is 2.97. The van der Waals surface area contributed by atoms with Crippen LogP contribution < -0.4 is 5.32 Å². The van der Waals surface area contributed by atoms with Crippen LogP contribution in [0.15, 0.2) is 28.7 Å². The van der Waals surface area contributed by atoms with Crippen LogP contribution in [0, 0.1) is 0 Å². The van der Waals surface area contributed by atoms with E-state index in [1.165, 1.54) is 11.3 Å². The number of ether oxygens (including phenoxy) is 4. The van der Waals surface area contributed by atoms with Crippen LogP contribution >= 0.6 is 11.3 Å². The van der Waals surface area contributed by atoms with E-state index in [0.29, 0.717) is 4.88 Å². The van der Waals surface area contributed by atoms with Gasteiger partial charge in [-0.15, -0.1) is 11.3 Å². The van der Waals surface area contributed by atoms with E-state index in [1.54, 1.807) is 31.4 Å². The molecule has 1 aromatic heterocycles. The van der Waals surface area contributed by atoms with Crippen molar-refractivity contribution in [2.45, 2.75) is 25.4 Å². The highest BCUT2D eigenvalue weighted by molar-refractivity contribution is 7.10. The van der Waals surface area contributed by atoms with Crippen molar-refractivity contribution in [1.29, 1.82) is 0 Å². The predicted molar refractivity (Wildman–Crippen MR) is 97.3 cm³/mol. The molecule has 152 valence electrons. The van der Waals surface area contributed by atoms with Crippen molar-refractivity contribution in [3.05, 3.63) is 33.5 Å². The third kappa shape index (κ3) is 3.52. The van der Waals surface area contributed by atoms with Crippen LogP contribution in [-0.4, -0.2) is 56.8 Å². The fourth-order valence-corrected chi connectivity index (χ4v) is 3.74. The van der Waals surface area contributed by atoms with Crippen molar-refractivity contribution in [3.63, 3.8) is 0 Å². The molecule has 0 fully saturated rings. The van der Waals surface area contributed by atoms with E-state index in [4.69, 9.17) is 18.9 Å². The van der Waals surface area contributed by atoms with Gasteiger partial charge in [0.25, 0.3) is 0 Å². The first-order valence-electron chi connectivity index (χ1n) is 8.45. The van der Waals surface area contributed by atoms with Gasteiger partial charge in [-0.3, -0.25) is 5.32 Å². The van der Waals surface area contributed by atoms with Gasteiger partial charge in [-0.2, -0.15) is 0 Å². The minimum absolute atomic E-state index is 0.0622. The van der Waals surface area contributed by atoms with Crippen LogP contribution in [0.2, 0.25) is 0 Å². The first kappa shape index (κ1) is 21.6. The molecule has 28 heavy (non-hydrogen) atoms. The largest absolute Gasteiger partial charge is 0.466 e. The summed E-state index contributed by atoms with van der Waals surface area (Å²) in [6, 6.07) is 2.44. The molecular formula is C18H21NO8S. The average Bonchev–Trinajstić information content (AvgIpc) is 3.33. The lowest BCUT2D eigenvalue weighted by molar-refractivity contribution is -0.165. The summed E-state index contributed by atoms with van der Waals surface area (Å²) in [5.74, 6) is -4.08. The maximum atomic E-state index is 12.9. The van der Waals surface area contributed by atoms with Gasteiger partial charge in [0.1, 0.15) is 0 Å². The second-order valence-electron chi connectivity index (χ2n) is 5.56. The van der Waals surface area contributed by atoms with Crippen LogP contribution in [0.3, 0.4) is 0 Å². The Balaban J connectivity index is 2.83. The van der Waals surface area contributed by atoms with Gasteiger partial charge in [-0.25, -0.2) is 19.2 Å². The zero-order chi connectivity index (χ0) is 20.9. The number of thiophene rings is 1. The molecule has 0 radical (unpaired) electrons. The quantitative estimate of drug-likeness (QED) is 0.397. The minimum atomic E-state index is -2.36. The van der Waals surface area contributed by atoms with Crippen LogP contribution in [0.4, 0.5) is 0 Å². The molecule has 9 nitrogen and oxygen atoms in total. The molecule has 0 saturated carbocycles. The minimum Gasteiger partial charge on any atom is -0.466 e. The van der Waals surface area contributed by atoms with Crippen LogP contribution in [0.5, 0.6) is 0 Å². The molecule has 0 aromatic carbocycles. The van der Waals surface area contributed by atoms with Gasteiger partial charge < -0.3 is 18.9 Å². The SMILES string of the molecule is CCOC(=O)C1(C(=O)OCC)NC(c2cccs2)C(C(=O)OC)=C1C(=O)OC. The molecule has 1 aliphatic rings. The molecule has 1 aromatic rings. The summed E-state index contributed by atoms with van der Waals surface area (Å²) < 4.78 is 19.7.